The van der Waals surface area contributed by atoms with Crippen LogP contribution in [0.1, 0.15) is 32.3 Å². The van der Waals surface area contributed by atoms with E-state index in [1.54, 1.807) is 6.92 Å². The van der Waals surface area contributed by atoms with Crippen molar-refractivity contribution in [2.75, 3.05) is 18.1 Å². The lowest BCUT2D eigenvalue weighted by atomic mass is 10.2. The minimum absolute atomic E-state index is 0.178. The molecule has 0 spiro atoms. The largest absolute Gasteiger partial charge is 0.330 e. The van der Waals surface area contributed by atoms with Gasteiger partial charge in [0.05, 0.1) is 11.4 Å². The summed E-state index contributed by atoms with van der Waals surface area (Å²) in [6.07, 6.45) is 1.82. The molecule has 1 aromatic rings. The second-order valence-electron chi connectivity index (χ2n) is 5.21. The van der Waals surface area contributed by atoms with Gasteiger partial charge in [0.25, 0.3) is 0 Å². The molecule has 1 rings (SSSR count). The number of hydrogen-bond acceptors (Lipinski definition) is 4. The van der Waals surface area contributed by atoms with E-state index >= 15 is 0 Å². The minimum Gasteiger partial charge on any atom is -0.330 e. The first-order valence-electron chi connectivity index (χ1n) is 6.78. The fourth-order valence-corrected chi connectivity index (χ4v) is 2.57. The number of aryl methyl sites for hydroxylation is 1. The number of nitrogens with one attached hydrogen (secondary N) is 1. The standard InChI is InChI=1S/C13H25N3O2S/c1-5-19(17,18)7-6-16-12(4)15-10-13(16)9-14-8-11(2)3/h10-11,14H,5-9H2,1-4H3. The number of hydrogen-bond donors (Lipinski definition) is 1. The summed E-state index contributed by atoms with van der Waals surface area (Å²) in [6.45, 7) is 10.1. The van der Waals surface area contributed by atoms with Crippen molar-refractivity contribution < 1.29 is 8.42 Å². The second-order valence-corrected chi connectivity index (χ2v) is 7.68. The lowest BCUT2D eigenvalue weighted by Crippen LogP contribution is -2.22. The van der Waals surface area contributed by atoms with Crippen molar-refractivity contribution in [3.05, 3.63) is 17.7 Å². The molecule has 0 unspecified atom stereocenters. The Balaban J connectivity index is 2.64. The molecule has 0 aliphatic rings. The minimum atomic E-state index is -2.93. The highest BCUT2D eigenvalue weighted by atomic mass is 32.2. The molecule has 0 saturated carbocycles. The summed E-state index contributed by atoms with van der Waals surface area (Å²) < 4.78 is 25.1. The summed E-state index contributed by atoms with van der Waals surface area (Å²) in [5, 5.41) is 3.36. The van der Waals surface area contributed by atoms with E-state index in [9.17, 15) is 8.42 Å². The normalized spacial score (nSPS) is 12.3. The van der Waals surface area contributed by atoms with E-state index in [4.69, 9.17) is 0 Å². The van der Waals surface area contributed by atoms with Crippen LogP contribution in [0.4, 0.5) is 0 Å². The van der Waals surface area contributed by atoms with Crippen molar-refractivity contribution in [2.45, 2.75) is 40.8 Å². The Morgan fingerprint density at radius 3 is 2.68 bits per heavy atom. The third kappa shape index (κ3) is 5.32. The Bertz CT molecular complexity index is 492. The number of sulfone groups is 1. The molecule has 5 nitrogen and oxygen atoms in total. The summed E-state index contributed by atoms with van der Waals surface area (Å²) in [5.74, 6) is 1.84. The Hall–Kier alpha value is -0.880. The van der Waals surface area contributed by atoms with Crippen LogP contribution in [0.2, 0.25) is 0 Å². The lowest BCUT2D eigenvalue weighted by molar-refractivity contribution is 0.534. The van der Waals surface area contributed by atoms with Gasteiger partial charge in [0.15, 0.2) is 9.84 Å². The first kappa shape index (κ1) is 16.2. The number of nitrogens with zero attached hydrogens (tertiary/aromatic N) is 2. The summed E-state index contributed by atoms with van der Waals surface area (Å²) in [5.41, 5.74) is 1.05. The van der Waals surface area contributed by atoms with Gasteiger partial charge in [-0.2, -0.15) is 0 Å². The molecule has 0 radical (unpaired) electrons. The van der Waals surface area contributed by atoms with Crippen LogP contribution in [-0.4, -0.2) is 36.0 Å². The molecule has 110 valence electrons. The Morgan fingerprint density at radius 1 is 1.42 bits per heavy atom. The second kappa shape index (κ2) is 7.05. The van der Waals surface area contributed by atoms with E-state index in [2.05, 4.69) is 24.1 Å². The van der Waals surface area contributed by atoms with E-state index in [1.165, 1.54) is 0 Å². The van der Waals surface area contributed by atoms with E-state index in [-0.39, 0.29) is 11.5 Å². The van der Waals surface area contributed by atoms with Crippen LogP contribution in [0.5, 0.6) is 0 Å². The van der Waals surface area contributed by atoms with Gasteiger partial charge in [-0.3, -0.25) is 0 Å². The van der Waals surface area contributed by atoms with Crippen LogP contribution >= 0.6 is 0 Å². The van der Waals surface area contributed by atoms with E-state index in [1.807, 2.05) is 17.7 Å². The Labute approximate surface area is 116 Å². The summed E-state index contributed by atoms with van der Waals surface area (Å²) in [4.78, 5) is 4.27. The van der Waals surface area contributed by atoms with E-state index in [0.717, 1.165) is 24.6 Å². The van der Waals surface area contributed by atoms with Crippen LogP contribution in [0.3, 0.4) is 0 Å². The SMILES string of the molecule is CCS(=O)(=O)CCn1c(CNCC(C)C)cnc1C. The summed E-state index contributed by atoms with van der Waals surface area (Å²) in [6, 6.07) is 0. The number of imidazole rings is 1. The van der Waals surface area contributed by atoms with Gasteiger partial charge in [0.1, 0.15) is 5.82 Å². The van der Waals surface area contributed by atoms with Gasteiger partial charge in [-0.15, -0.1) is 0 Å². The van der Waals surface area contributed by atoms with Gasteiger partial charge in [0, 0.05) is 25.0 Å². The third-order valence-corrected chi connectivity index (χ3v) is 4.75. The molecule has 0 aromatic carbocycles. The van der Waals surface area contributed by atoms with Crippen LogP contribution in [-0.2, 0) is 22.9 Å². The van der Waals surface area contributed by atoms with Crippen LogP contribution < -0.4 is 5.32 Å². The van der Waals surface area contributed by atoms with Gasteiger partial charge in [-0.05, 0) is 19.4 Å². The maximum Gasteiger partial charge on any atom is 0.151 e. The topological polar surface area (TPSA) is 64.0 Å². The average Bonchev–Trinajstić information content (AvgIpc) is 2.68. The molecule has 0 saturated heterocycles. The zero-order chi connectivity index (χ0) is 14.5. The molecule has 0 aliphatic carbocycles. The van der Waals surface area contributed by atoms with Gasteiger partial charge < -0.3 is 9.88 Å². The highest BCUT2D eigenvalue weighted by Crippen LogP contribution is 2.06. The molecule has 0 fully saturated rings. The molecule has 0 aliphatic heterocycles. The zero-order valence-corrected chi connectivity index (χ0v) is 13.1. The maximum absolute atomic E-state index is 11.6. The monoisotopic (exact) mass is 287 g/mol. The molecule has 0 amide bonds. The van der Waals surface area contributed by atoms with Gasteiger partial charge in [-0.1, -0.05) is 20.8 Å². The lowest BCUT2D eigenvalue weighted by Gasteiger charge is -2.12. The quantitative estimate of drug-likeness (QED) is 0.784. The summed E-state index contributed by atoms with van der Waals surface area (Å²) >= 11 is 0. The van der Waals surface area contributed by atoms with Gasteiger partial charge >= 0.3 is 0 Å². The molecular weight excluding hydrogens is 262 g/mol. The molecular formula is C13H25N3O2S. The smallest absolute Gasteiger partial charge is 0.151 e. The van der Waals surface area contributed by atoms with E-state index < -0.39 is 9.84 Å². The predicted molar refractivity (Wildman–Crippen MR) is 77.8 cm³/mol. The Kier molecular flexibility index (Phi) is 6.00. The number of rotatable bonds is 8. The van der Waals surface area contributed by atoms with Crippen LogP contribution in [0.25, 0.3) is 0 Å². The van der Waals surface area contributed by atoms with E-state index in [0.29, 0.717) is 12.5 Å². The van der Waals surface area contributed by atoms with Crippen molar-refractivity contribution in [3.8, 4) is 0 Å². The third-order valence-electron chi connectivity index (χ3n) is 3.06. The molecule has 19 heavy (non-hydrogen) atoms. The van der Waals surface area contributed by atoms with Crippen LogP contribution in [0.15, 0.2) is 6.20 Å². The predicted octanol–water partition coefficient (Wildman–Crippen LogP) is 1.37. The zero-order valence-electron chi connectivity index (χ0n) is 12.3. The average molecular weight is 287 g/mol. The summed E-state index contributed by atoms with van der Waals surface area (Å²) in [7, 11) is -2.93. The van der Waals surface area contributed by atoms with Crippen molar-refractivity contribution >= 4 is 9.84 Å². The fraction of sp³-hybridized carbons (Fsp3) is 0.769. The Morgan fingerprint density at radius 2 is 2.11 bits per heavy atom. The number of aromatic nitrogens is 2. The van der Waals surface area contributed by atoms with Gasteiger partial charge in [-0.25, -0.2) is 13.4 Å². The van der Waals surface area contributed by atoms with Crippen molar-refractivity contribution in [2.24, 2.45) is 5.92 Å². The van der Waals surface area contributed by atoms with Crippen molar-refractivity contribution in [1.29, 1.82) is 0 Å². The molecule has 1 aromatic heterocycles. The molecule has 0 atom stereocenters. The van der Waals surface area contributed by atoms with Crippen LogP contribution in [0, 0.1) is 12.8 Å². The first-order chi connectivity index (χ1) is 8.85. The molecule has 6 heteroatoms. The van der Waals surface area contributed by atoms with Crippen molar-refractivity contribution in [1.82, 2.24) is 14.9 Å². The fourth-order valence-electron chi connectivity index (χ4n) is 1.83. The molecule has 0 bridgehead atoms. The highest BCUT2D eigenvalue weighted by molar-refractivity contribution is 7.91. The van der Waals surface area contributed by atoms with Gasteiger partial charge in [0.2, 0.25) is 0 Å². The van der Waals surface area contributed by atoms with Crippen molar-refractivity contribution in [3.63, 3.8) is 0 Å². The first-order valence-corrected chi connectivity index (χ1v) is 8.60. The maximum atomic E-state index is 11.6. The molecule has 1 N–H and O–H groups in total. The molecule has 1 heterocycles. The highest BCUT2D eigenvalue weighted by Gasteiger charge is 2.11.